The average molecular weight is 380 g/mol. The van der Waals surface area contributed by atoms with Crippen molar-refractivity contribution in [2.75, 3.05) is 19.3 Å². The fourth-order valence-electron chi connectivity index (χ4n) is 2.14. The maximum absolute atomic E-state index is 13.8. The van der Waals surface area contributed by atoms with Crippen LogP contribution in [0.2, 0.25) is 0 Å². The molecule has 1 unspecified atom stereocenters. The van der Waals surface area contributed by atoms with E-state index in [-0.39, 0.29) is 24.6 Å². The highest BCUT2D eigenvalue weighted by atomic mass is 79.9. The molecule has 6 nitrogen and oxygen atoms in total. The fraction of sp³-hybridized carbons (Fsp3) is 0.417. The number of piperidine rings is 1. The molecule has 1 aromatic rings. The van der Waals surface area contributed by atoms with Gasteiger partial charge in [0.15, 0.2) is 0 Å². The van der Waals surface area contributed by atoms with Crippen molar-refractivity contribution in [3.63, 3.8) is 0 Å². The molecule has 116 valence electrons. The number of nitrogens with one attached hydrogen (secondary N) is 1. The Morgan fingerprint density at radius 2 is 2.14 bits per heavy atom. The Kier molecular flexibility index (Phi) is 4.54. The standard InChI is InChI=1S/C12H15BrFN3O3S/c1-17-6-7(2-3-12(17)18)16-21(19,20)11-5-10(15)8(13)4-9(11)14/h4-5,7,16H,2-3,6,15H2,1H3. The van der Waals surface area contributed by atoms with Crippen LogP contribution in [-0.4, -0.2) is 38.9 Å². The van der Waals surface area contributed by atoms with Crippen molar-refractivity contribution in [3.8, 4) is 0 Å². The highest BCUT2D eigenvalue weighted by Crippen LogP contribution is 2.26. The number of carbonyl (C=O) groups excluding carboxylic acids is 1. The quantitative estimate of drug-likeness (QED) is 0.768. The molecule has 1 amide bonds. The maximum Gasteiger partial charge on any atom is 0.243 e. The number of nitrogen functional groups attached to an aromatic ring is 1. The van der Waals surface area contributed by atoms with Gasteiger partial charge in [0.05, 0.1) is 0 Å². The van der Waals surface area contributed by atoms with Crippen molar-refractivity contribution in [1.29, 1.82) is 0 Å². The summed E-state index contributed by atoms with van der Waals surface area (Å²) < 4.78 is 41.1. The van der Waals surface area contributed by atoms with E-state index in [9.17, 15) is 17.6 Å². The number of hydrogen-bond acceptors (Lipinski definition) is 4. The second kappa shape index (κ2) is 5.90. The summed E-state index contributed by atoms with van der Waals surface area (Å²) in [5.41, 5.74) is 5.73. The predicted octanol–water partition coefficient (Wildman–Crippen LogP) is 1.07. The van der Waals surface area contributed by atoms with Crippen LogP contribution in [0.15, 0.2) is 21.5 Å². The molecule has 9 heteroatoms. The van der Waals surface area contributed by atoms with Crippen LogP contribution in [-0.2, 0) is 14.8 Å². The van der Waals surface area contributed by atoms with E-state index in [1.807, 2.05) is 0 Å². The number of sulfonamides is 1. The molecule has 3 N–H and O–H groups in total. The Balaban J connectivity index is 2.23. The van der Waals surface area contributed by atoms with Crippen molar-refractivity contribution < 1.29 is 17.6 Å². The molecule has 1 fully saturated rings. The Hall–Kier alpha value is -1.19. The van der Waals surface area contributed by atoms with Crippen LogP contribution in [0, 0.1) is 5.82 Å². The lowest BCUT2D eigenvalue weighted by atomic mass is 10.1. The zero-order valence-electron chi connectivity index (χ0n) is 11.3. The van der Waals surface area contributed by atoms with Crippen molar-refractivity contribution in [3.05, 3.63) is 22.4 Å². The van der Waals surface area contributed by atoms with Gasteiger partial charge in [-0.15, -0.1) is 0 Å². The Labute approximate surface area is 130 Å². The summed E-state index contributed by atoms with van der Waals surface area (Å²) in [5, 5.41) is 0. The van der Waals surface area contributed by atoms with E-state index >= 15 is 0 Å². The number of hydrogen-bond donors (Lipinski definition) is 2. The Morgan fingerprint density at radius 1 is 1.48 bits per heavy atom. The number of nitrogens with zero attached hydrogens (tertiary/aromatic N) is 1. The molecule has 1 aromatic carbocycles. The number of anilines is 1. The lowest BCUT2D eigenvalue weighted by Crippen LogP contribution is -2.48. The lowest BCUT2D eigenvalue weighted by molar-refractivity contribution is -0.132. The largest absolute Gasteiger partial charge is 0.398 e. The van der Waals surface area contributed by atoms with Crippen LogP contribution >= 0.6 is 15.9 Å². The summed E-state index contributed by atoms with van der Waals surface area (Å²) in [6.07, 6.45) is 0.644. The SMILES string of the molecule is CN1CC(NS(=O)(=O)c2cc(N)c(Br)cc2F)CCC1=O. The van der Waals surface area contributed by atoms with Gasteiger partial charge in [-0.2, -0.15) is 0 Å². The number of rotatable bonds is 3. The Bertz CT molecular complexity index is 681. The van der Waals surface area contributed by atoms with E-state index in [1.165, 1.54) is 4.90 Å². The zero-order valence-corrected chi connectivity index (χ0v) is 13.7. The van der Waals surface area contributed by atoms with E-state index < -0.39 is 26.8 Å². The summed E-state index contributed by atoms with van der Waals surface area (Å²) in [6, 6.07) is 1.64. The van der Waals surface area contributed by atoms with Gasteiger partial charge in [0.2, 0.25) is 15.9 Å². The number of amides is 1. The number of likely N-dealkylation sites (tertiary alicyclic amines) is 1. The average Bonchev–Trinajstić information content (AvgIpc) is 2.37. The molecule has 1 saturated heterocycles. The van der Waals surface area contributed by atoms with Crippen molar-refractivity contribution in [1.82, 2.24) is 9.62 Å². The molecule has 1 atom stereocenters. The van der Waals surface area contributed by atoms with Gasteiger partial charge in [0.1, 0.15) is 10.7 Å². The number of halogens is 2. The number of carbonyl (C=O) groups is 1. The third-order valence-corrected chi connectivity index (χ3v) is 5.51. The molecule has 0 spiro atoms. The first-order valence-electron chi connectivity index (χ1n) is 6.21. The number of nitrogens with two attached hydrogens (primary N) is 1. The van der Waals surface area contributed by atoms with Crippen LogP contribution in [0.5, 0.6) is 0 Å². The normalized spacial score (nSPS) is 19.9. The van der Waals surface area contributed by atoms with Gasteiger partial charge >= 0.3 is 0 Å². The summed E-state index contributed by atoms with van der Waals surface area (Å²) in [6.45, 7) is 0.256. The van der Waals surface area contributed by atoms with E-state index in [0.29, 0.717) is 10.9 Å². The monoisotopic (exact) mass is 379 g/mol. The second-order valence-corrected chi connectivity index (χ2v) is 7.47. The first-order chi connectivity index (χ1) is 9.70. The zero-order chi connectivity index (χ0) is 15.8. The van der Waals surface area contributed by atoms with Crippen LogP contribution in [0.1, 0.15) is 12.8 Å². The molecule has 21 heavy (non-hydrogen) atoms. The summed E-state index contributed by atoms with van der Waals surface area (Å²) in [7, 11) is -2.44. The predicted molar refractivity (Wildman–Crippen MR) is 79.5 cm³/mol. The molecule has 1 aliphatic rings. The van der Waals surface area contributed by atoms with Gasteiger partial charge in [-0.05, 0) is 34.5 Å². The smallest absolute Gasteiger partial charge is 0.243 e. The Morgan fingerprint density at radius 3 is 2.76 bits per heavy atom. The highest BCUT2D eigenvalue weighted by Gasteiger charge is 2.29. The van der Waals surface area contributed by atoms with Gasteiger partial charge in [-0.1, -0.05) is 0 Å². The van der Waals surface area contributed by atoms with Gasteiger partial charge in [-0.25, -0.2) is 17.5 Å². The first kappa shape index (κ1) is 16.2. The van der Waals surface area contributed by atoms with Gasteiger partial charge in [0, 0.05) is 36.2 Å². The molecule has 0 aromatic heterocycles. The molecular weight excluding hydrogens is 365 g/mol. The molecule has 2 rings (SSSR count). The van der Waals surface area contributed by atoms with Crippen LogP contribution < -0.4 is 10.5 Å². The van der Waals surface area contributed by atoms with Gasteiger partial charge < -0.3 is 10.6 Å². The highest BCUT2D eigenvalue weighted by molar-refractivity contribution is 9.10. The van der Waals surface area contributed by atoms with Crippen LogP contribution in [0.4, 0.5) is 10.1 Å². The van der Waals surface area contributed by atoms with Crippen molar-refractivity contribution >= 4 is 37.5 Å². The molecule has 0 aliphatic carbocycles. The minimum Gasteiger partial charge on any atom is -0.398 e. The first-order valence-corrected chi connectivity index (χ1v) is 8.49. The summed E-state index contributed by atoms with van der Waals surface area (Å²) >= 11 is 3.04. The molecule has 0 saturated carbocycles. The molecule has 0 radical (unpaired) electrons. The van der Waals surface area contributed by atoms with E-state index in [4.69, 9.17) is 5.73 Å². The van der Waals surface area contributed by atoms with Crippen LogP contribution in [0.25, 0.3) is 0 Å². The fourth-order valence-corrected chi connectivity index (χ4v) is 3.81. The van der Waals surface area contributed by atoms with Crippen molar-refractivity contribution in [2.24, 2.45) is 0 Å². The minimum absolute atomic E-state index is 0.0375. The van der Waals surface area contributed by atoms with E-state index in [0.717, 1.165) is 12.1 Å². The lowest BCUT2D eigenvalue weighted by Gasteiger charge is -2.30. The molecule has 1 aliphatic heterocycles. The summed E-state index contributed by atoms with van der Waals surface area (Å²) in [4.78, 5) is 12.3. The third-order valence-electron chi connectivity index (χ3n) is 3.29. The second-order valence-electron chi connectivity index (χ2n) is 4.94. The topological polar surface area (TPSA) is 92.5 Å². The van der Waals surface area contributed by atoms with Gasteiger partial charge in [0.25, 0.3) is 0 Å². The minimum atomic E-state index is -4.03. The molecular formula is C12H15BrFN3O3S. The van der Waals surface area contributed by atoms with Crippen LogP contribution in [0.3, 0.4) is 0 Å². The number of benzene rings is 1. The number of likely N-dealkylation sites (N-methyl/N-ethyl adjacent to an activating group) is 1. The maximum atomic E-state index is 13.8. The van der Waals surface area contributed by atoms with E-state index in [2.05, 4.69) is 20.7 Å². The van der Waals surface area contributed by atoms with E-state index in [1.54, 1.807) is 7.05 Å². The third kappa shape index (κ3) is 3.53. The summed E-state index contributed by atoms with van der Waals surface area (Å²) in [5.74, 6) is -0.923. The van der Waals surface area contributed by atoms with Crippen molar-refractivity contribution in [2.45, 2.75) is 23.8 Å². The molecule has 1 heterocycles. The van der Waals surface area contributed by atoms with Gasteiger partial charge in [-0.3, -0.25) is 4.79 Å². The molecule has 0 bridgehead atoms.